The lowest BCUT2D eigenvalue weighted by Gasteiger charge is -2.07. The van der Waals surface area contributed by atoms with Gasteiger partial charge in [0.15, 0.2) is 0 Å². The molecule has 1 rings (SSSR count). The molecule has 0 aliphatic rings. The second kappa shape index (κ2) is 6.30. The summed E-state index contributed by atoms with van der Waals surface area (Å²) in [5, 5.41) is 8.82. The van der Waals surface area contributed by atoms with Crippen molar-refractivity contribution in [3.8, 4) is 0 Å². The lowest BCUT2D eigenvalue weighted by atomic mass is 10.2. The van der Waals surface area contributed by atoms with Crippen molar-refractivity contribution < 1.29 is 9.90 Å². The van der Waals surface area contributed by atoms with Crippen LogP contribution < -0.4 is 0 Å². The first-order valence-corrected chi connectivity index (χ1v) is 6.94. The van der Waals surface area contributed by atoms with Crippen LogP contribution in [0.25, 0.3) is 0 Å². The summed E-state index contributed by atoms with van der Waals surface area (Å²) in [6, 6.07) is 5.16. The predicted molar refractivity (Wildman–Crippen MR) is 71.3 cm³/mol. The molecule has 0 amide bonds. The van der Waals surface area contributed by atoms with E-state index in [1.165, 1.54) is 0 Å². The van der Waals surface area contributed by atoms with E-state index in [1.54, 1.807) is 23.9 Å². The smallest absolute Gasteiger partial charge is 0.335 e. The lowest BCUT2D eigenvalue weighted by molar-refractivity contribution is 0.0696. The van der Waals surface area contributed by atoms with Crippen LogP contribution in [0.1, 0.15) is 30.6 Å². The normalized spacial score (nSPS) is 10.8. The summed E-state index contributed by atoms with van der Waals surface area (Å²) in [5.41, 5.74) is 0.320. The molecule has 0 radical (unpaired) electrons. The molecular formula is C12H15BrO2S. The molecular weight excluding hydrogens is 288 g/mol. The van der Waals surface area contributed by atoms with Crippen molar-refractivity contribution in [1.29, 1.82) is 0 Å². The molecule has 1 N–H and O–H groups in total. The van der Waals surface area contributed by atoms with Crippen molar-refractivity contribution in [2.24, 2.45) is 5.92 Å². The number of carboxylic acid groups (broad SMARTS) is 1. The Morgan fingerprint density at radius 3 is 2.69 bits per heavy atom. The van der Waals surface area contributed by atoms with Gasteiger partial charge in [-0.1, -0.05) is 13.8 Å². The van der Waals surface area contributed by atoms with Gasteiger partial charge >= 0.3 is 5.97 Å². The van der Waals surface area contributed by atoms with Gasteiger partial charge in [0, 0.05) is 9.37 Å². The van der Waals surface area contributed by atoms with E-state index in [2.05, 4.69) is 29.8 Å². The summed E-state index contributed by atoms with van der Waals surface area (Å²) >= 11 is 5.15. The van der Waals surface area contributed by atoms with Crippen LogP contribution in [0.3, 0.4) is 0 Å². The van der Waals surface area contributed by atoms with Gasteiger partial charge in [0.05, 0.1) is 5.56 Å². The topological polar surface area (TPSA) is 37.3 Å². The Morgan fingerprint density at radius 2 is 2.19 bits per heavy atom. The van der Waals surface area contributed by atoms with E-state index in [1.807, 2.05) is 6.07 Å². The van der Waals surface area contributed by atoms with Gasteiger partial charge in [-0.3, -0.25) is 0 Å². The minimum absolute atomic E-state index is 0.320. The minimum Gasteiger partial charge on any atom is -0.478 e. The molecule has 1 aromatic carbocycles. The third-order valence-corrected chi connectivity index (χ3v) is 4.16. The Bertz CT molecular complexity index is 377. The predicted octanol–water partition coefficient (Wildman–Crippen LogP) is 4.29. The van der Waals surface area contributed by atoms with Crippen LogP contribution in [0.5, 0.6) is 0 Å². The molecule has 0 atom stereocenters. The summed E-state index contributed by atoms with van der Waals surface area (Å²) in [6.45, 7) is 4.40. The quantitative estimate of drug-likeness (QED) is 0.825. The highest BCUT2D eigenvalue weighted by Gasteiger charge is 2.07. The highest BCUT2D eigenvalue weighted by molar-refractivity contribution is 9.10. The Morgan fingerprint density at radius 1 is 1.50 bits per heavy atom. The molecule has 0 saturated carbocycles. The van der Waals surface area contributed by atoms with Crippen LogP contribution in [-0.2, 0) is 0 Å². The fourth-order valence-electron chi connectivity index (χ4n) is 1.16. The fourth-order valence-corrected chi connectivity index (χ4v) is 3.05. The van der Waals surface area contributed by atoms with Gasteiger partial charge in [-0.2, -0.15) is 0 Å². The number of thioether (sulfide) groups is 1. The van der Waals surface area contributed by atoms with Gasteiger partial charge in [-0.25, -0.2) is 4.79 Å². The number of benzene rings is 1. The molecule has 0 aliphatic carbocycles. The molecule has 1 aromatic rings. The molecule has 0 aromatic heterocycles. The summed E-state index contributed by atoms with van der Waals surface area (Å²) in [4.78, 5) is 11.8. The zero-order valence-corrected chi connectivity index (χ0v) is 11.8. The van der Waals surface area contributed by atoms with Crippen molar-refractivity contribution in [2.45, 2.75) is 25.2 Å². The average Bonchev–Trinajstić information content (AvgIpc) is 2.19. The second-order valence-electron chi connectivity index (χ2n) is 3.98. The standard InChI is InChI=1S/C12H15BrO2S/c1-8(2)5-6-16-11-4-3-9(12(14)15)7-10(11)13/h3-4,7-8H,5-6H2,1-2H3,(H,14,15). The van der Waals surface area contributed by atoms with E-state index >= 15 is 0 Å². The SMILES string of the molecule is CC(C)CCSc1ccc(C(=O)O)cc1Br. The summed E-state index contributed by atoms with van der Waals surface area (Å²) in [5.74, 6) is 0.867. The van der Waals surface area contributed by atoms with Crippen molar-refractivity contribution in [3.05, 3.63) is 28.2 Å². The molecule has 16 heavy (non-hydrogen) atoms. The number of hydrogen-bond acceptors (Lipinski definition) is 2. The first-order chi connectivity index (χ1) is 7.50. The van der Waals surface area contributed by atoms with Crippen LogP contribution in [0.15, 0.2) is 27.6 Å². The highest BCUT2D eigenvalue weighted by Crippen LogP contribution is 2.29. The lowest BCUT2D eigenvalue weighted by Crippen LogP contribution is -1.96. The van der Waals surface area contributed by atoms with Crippen molar-refractivity contribution in [2.75, 3.05) is 5.75 Å². The third-order valence-electron chi connectivity index (χ3n) is 2.13. The minimum atomic E-state index is -0.889. The number of hydrogen-bond donors (Lipinski definition) is 1. The summed E-state index contributed by atoms with van der Waals surface area (Å²) in [6.07, 6.45) is 1.16. The molecule has 4 heteroatoms. The molecule has 0 aliphatic heterocycles. The van der Waals surface area contributed by atoms with E-state index in [0.717, 1.165) is 21.5 Å². The first-order valence-electron chi connectivity index (χ1n) is 5.16. The van der Waals surface area contributed by atoms with E-state index < -0.39 is 5.97 Å². The van der Waals surface area contributed by atoms with Gasteiger partial charge in [-0.15, -0.1) is 11.8 Å². The van der Waals surface area contributed by atoms with Gasteiger partial charge in [0.1, 0.15) is 0 Å². The molecule has 0 unspecified atom stereocenters. The van der Waals surface area contributed by atoms with E-state index in [-0.39, 0.29) is 0 Å². The number of aromatic carboxylic acids is 1. The van der Waals surface area contributed by atoms with Crippen LogP contribution in [-0.4, -0.2) is 16.8 Å². The molecule has 88 valence electrons. The van der Waals surface area contributed by atoms with Crippen LogP contribution >= 0.6 is 27.7 Å². The Balaban J connectivity index is 2.64. The van der Waals surface area contributed by atoms with Crippen LogP contribution in [0, 0.1) is 5.92 Å². The van der Waals surface area contributed by atoms with Crippen molar-refractivity contribution in [1.82, 2.24) is 0 Å². The third kappa shape index (κ3) is 4.18. The Kier molecular flexibility index (Phi) is 5.35. The fraction of sp³-hybridized carbons (Fsp3) is 0.417. The number of rotatable bonds is 5. The average molecular weight is 303 g/mol. The van der Waals surface area contributed by atoms with Gasteiger partial charge in [0.25, 0.3) is 0 Å². The van der Waals surface area contributed by atoms with E-state index in [9.17, 15) is 4.79 Å². The van der Waals surface area contributed by atoms with Gasteiger partial charge in [-0.05, 0) is 52.2 Å². The Labute approximate surface area is 109 Å². The van der Waals surface area contributed by atoms with Gasteiger partial charge < -0.3 is 5.11 Å². The van der Waals surface area contributed by atoms with Crippen LogP contribution in [0.4, 0.5) is 0 Å². The maximum absolute atomic E-state index is 10.7. The largest absolute Gasteiger partial charge is 0.478 e. The van der Waals surface area contributed by atoms with Crippen LogP contribution in [0.2, 0.25) is 0 Å². The zero-order valence-electron chi connectivity index (χ0n) is 9.37. The summed E-state index contributed by atoms with van der Waals surface area (Å²) < 4.78 is 0.862. The van der Waals surface area contributed by atoms with Gasteiger partial charge in [0.2, 0.25) is 0 Å². The number of carboxylic acids is 1. The second-order valence-corrected chi connectivity index (χ2v) is 5.97. The number of halogens is 1. The van der Waals surface area contributed by atoms with Crippen molar-refractivity contribution >= 4 is 33.7 Å². The maximum atomic E-state index is 10.7. The monoisotopic (exact) mass is 302 g/mol. The molecule has 2 nitrogen and oxygen atoms in total. The first kappa shape index (κ1) is 13.6. The molecule has 0 bridgehead atoms. The summed E-state index contributed by atoms with van der Waals surface area (Å²) in [7, 11) is 0. The van der Waals surface area contributed by atoms with Crippen molar-refractivity contribution in [3.63, 3.8) is 0 Å². The Hall–Kier alpha value is -0.480. The zero-order chi connectivity index (χ0) is 12.1. The number of carbonyl (C=O) groups is 1. The molecule has 0 heterocycles. The molecule has 0 spiro atoms. The molecule has 0 fully saturated rings. The van der Waals surface area contributed by atoms with E-state index in [4.69, 9.17) is 5.11 Å². The maximum Gasteiger partial charge on any atom is 0.335 e. The van der Waals surface area contributed by atoms with E-state index in [0.29, 0.717) is 11.5 Å². The molecule has 0 saturated heterocycles. The highest BCUT2D eigenvalue weighted by atomic mass is 79.9.